The van der Waals surface area contributed by atoms with Crippen LogP contribution in [0.15, 0.2) is 17.0 Å². The van der Waals surface area contributed by atoms with Crippen LogP contribution < -0.4 is 29.4 Å². The van der Waals surface area contributed by atoms with Crippen molar-refractivity contribution in [1.29, 1.82) is 0 Å². The van der Waals surface area contributed by atoms with Crippen LogP contribution in [0.3, 0.4) is 0 Å². The Kier molecular flexibility index (Phi) is 4.00. The first-order chi connectivity index (χ1) is 5.47. The van der Waals surface area contributed by atoms with Gasteiger partial charge in [0.2, 0.25) is 5.82 Å². The highest BCUT2D eigenvalue weighted by Crippen LogP contribution is 2.11. The van der Waals surface area contributed by atoms with E-state index in [1.165, 1.54) is 38.2 Å². The average Bonchev–Trinajstić information content (AvgIpc) is 2.58. The van der Waals surface area contributed by atoms with Crippen molar-refractivity contribution in [3.63, 3.8) is 0 Å². The largest absolute Gasteiger partial charge is 1.00 e. The van der Waals surface area contributed by atoms with Gasteiger partial charge in [0, 0.05) is 19.2 Å². The molecule has 2 aliphatic heterocycles. The van der Waals surface area contributed by atoms with E-state index in [9.17, 15) is 0 Å². The second kappa shape index (κ2) is 4.81. The molecule has 1 fully saturated rings. The number of nitrogens with two attached hydrogens (primary N) is 1. The molecule has 68 valence electrons. The molecule has 1 saturated heterocycles. The van der Waals surface area contributed by atoms with Crippen molar-refractivity contribution < 1.29 is 29.4 Å². The lowest BCUT2D eigenvalue weighted by Gasteiger charge is -2.25. The number of hydrogen-bond acceptors (Lipinski definition) is 2. The second-order valence-corrected chi connectivity index (χ2v) is 3.07. The fourth-order valence-electron chi connectivity index (χ4n) is 1.62. The van der Waals surface area contributed by atoms with E-state index in [4.69, 9.17) is 0 Å². The Morgan fingerprint density at radius 2 is 2.00 bits per heavy atom. The normalized spacial score (nSPS) is 22.0. The van der Waals surface area contributed by atoms with Crippen LogP contribution in [0, 0.1) is 0 Å². The standard InChI is InChI=1S/C8H13N3.HI/c1-2-6-11(7-3-1)8-4-5-9-10-8;/h4-5H,1-3,6-7H2,(H,9,10);1H. The molecule has 0 aromatic carbocycles. The van der Waals surface area contributed by atoms with Crippen LogP contribution in [-0.2, 0) is 0 Å². The van der Waals surface area contributed by atoms with Crippen molar-refractivity contribution in [1.82, 2.24) is 4.90 Å². The van der Waals surface area contributed by atoms with Crippen LogP contribution in [-0.4, -0.2) is 24.2 Å². The molecular formula is C8H14IN3. The van der Waals surface area contributed by atoms with Gasteiger partial charge < -0.3 is 28.9 Å². The lowest BCUT2D eigenvalue weighted by atomic mass is 10.1. The van der Waals surface area contributed by atoms with Gasteiger partial charge >= 0.3 is 0 Å². The zero-order valence-electron chi connectivity index (χ0n) is 7.04. The molecule has 0 amide bonds. The van der Waals surface area contributed by atoms with Crippen LogP contribution in [0.25, 0.3) is 0 Å². The molecule has 2 rings (SSSR count). The third kappa shape index (κ3) is 2.20. The van der Waals surface area contributed by atoms with Gasteiger partial charge in [0.1, 0.15) is 0 Å². The fraction of sp³-hybridized carbons (Fsp3) is 0.625. The van der Waals surface area contributed by atoms with Crippen LogP contribution in [0.5, 0.6) is 0 Å². The Bertz CT molecular complexity index is 194. The van der Waals surface area contributed by atoms with E-state index in [0.29, 0.717) is 0 Å². The van der Waals surface area contributed by atoms with Crippen molar-refractivity contribution in [3.05, 3.63) is 11.9 Å². The predicted molar refractivity (Wildman–Crippen MR) is 43.9 cm³/mol. The van der Waals surface area contributed by atoms with Gasteiger partial charge in [0.05, 0.1) is 6.21 Å². The molecule has 4 heteroatoms. The van der Waals surface area contributed by atoms with Crippen molar-refractivity contribution >= 4 is 6.21 Å². The molecule has 0 aliphatic carbocycles. The highest BCUT2D eigenvalue weighted by atomic mass is 127. The molecular weight excluding hydrogens is 265 g/mol. The number of quaternary nitrogens is 1. The average molecular weight is 279 g/mol. The van der Waals surface area contributed by atoms with E-state index >= 15 is 0 Å². The van der Waals surface area contributed by atoms with Gasteiger partial charge in [-0.15, -0.1) is 0 Å². The van der Waals surface area contributed by atoms with E-state index in [0.717, 1.165) is 0 Å². The Balaban J connectivity index is 0.000000720. The summed E-state index contributed by atoms with van der Waals surface area (Å²) in [6, 6.07) is 0. The number of nitrogens with zero attached hydrogens (tertiary/aromatic N) is 2. The summed E-state index contributed by atoms with van der Waals surface area (Å²) in [5, 5.41) is 4.06. The van der Waals surface area contributed by atoms with Crippen molar-refractivity contribution in [2.24, 2.45) is 5.10 Å². The molecule has 0 bridgehead atoms. The van der Waals surface area contributed by atoms with Gasteiger partial charge in [0.15, 0.2) is 0 Å². The van der Waals surface area contributed by atoms with Gasteiger partial charge in [-0.25, -0.2) is 0 Å². The Hall–Kier alpha value is -0.100. The zero-order valence-corrected chi connectivity index (χ0v) is 9.20. The van der Waals surface area contributed by atoms with Gasteiger partial charge in [-0.2, -0.15) is 5.43 Å². The topological polar surface area (TPSA) is 32.2 Å². The van der Waals surface area contributed by atoms with Gasteiger partial charge in [0.25, 0.3) is 0 Å². The van der Waals surface area contributed by atoms with Crippen LogP contribution in [0.1, 0.15) is 19.3 Å². The molecule has 0 radical (unpaired) electrons. The first-order valence-corrected chi connectivity index (χ1v) is 4.28. The molecule has 0 saturated carbocycles. The highest BCUT2D eigenvalue weighted by Gasteiger charge is 2.17. The summed E-state index contributed by atoms with van der Waals surface area (Å²) in [6.45, 7) is 2.43. The quantitative estimate of drug-likeness (QED) is 0.400. The first kappa shape index (κ1) is 9.98. The van der Waals surface area contributed by atoms with Crippen LogP contribution in [0.4, 0.5) is 0 Å². The summed E-state index contributed by atoms with van der Waals surface area (Å²) in [5.41, 5.74) is 1.95. The van der Waals surface area contributed by atoms with Crippen molar-refractivity contribution in [2.75, 3.05) is 13.1 Å². The van der Waals surface area contributed by atoms with Crippen molar-refractivity contribution in [2.45, 2.75) is 19.3 Å². The molecule has 3 nitrogen and oxygen atoms in total. The molecule has 0 aromatic heterocycles. The molecule has 0 spiro atoms. The Morgan fingerprint density at radius 1 is 1.25 bits per heavy atom. The maximum absolute atomic E-state index is 4.06. The van der Waals surface area contributed by atoms with Gasteiger partial charge in [-0.3, -0.25) is 0 Å². The van der Waals surface area contributed by atoms with Gasteiger partial charge in [-0.1, -0.05) is 5.10 Å². The minimum Gasteiger partial charge on any atom is -1.00 e. The first-order valence-electron chi connectivity index (χ1n) is 4.28. The number of allylic oxidation sites excluding steroid dienone is 1. The molecule has 12 heavy (non-hydrogen) atoms. The van der Waals surface area contributed by atoms with E-state index < -0.39 is 0 Å². The zero-order chi connectivity index (χ0) is 7.52. The van der Waals surface area contributed by atoms with Gasteiger partial charge in [-0.05, 0) is 19.3 Å². The third-order valence-corrected chi connectivity index (χ3v) is 2.26. The second-order valence-electron chi connectivity index (χ2n) is 3.07. The van der Waals surface area contributed by atoms with E-state index in [2.05, 4.69) is 16.1 Å². The van der Waals surface area contributed by atoms with E-state index in [1.807, 2.05) is 11.6 Å². The number of piperidine rings is 1. The third-order valence-electron chi connectivity index (χ3n) is 2.26. The summed E-state index contributed by atoms with van der Waals surface area (Å²) in [4.78, 5) is 2.41. The number of hydrogen-bond donors (Lipinski definition) is 1. The fourth-order valence-corrected chi connectivity index (χ4v) is 1.62. The summed E-state index contributed by atoms with van der Waals surface area (Å²) < 4.78 is 0. The highest BCUT2D eigenvalue weighted by molar-refractivity contribution is 5.71. The minimum absolute atomic E-state index is 0. The van der Waals surface area contributed by atoms with E-state index in [1.54, 1.807) is 0 Å². The maximum Gasteiger partial charge on any atom is 0.229 e. The number of rotatable bonds is 1. The number of likely N-dealkylation sites (tertiary alicyclic amines) is 1. The molecule has 0 unspecified atom stereocenters. The van der Waals surface area contributed by atoms with E-state index in [-0.39, 0.29) is 24.0 Å². The lowest BCUT2D eigenvalue weighted by molar-refractivity contribution is -0.623. The molecule has 0 atom stereocenters. The lowest BCUT2D eigenvalue weighted by Crippen LogP contribution is -3.00. The minimum atomic E-state index is 0. The maximum atomic E-state index is 4.06. The van der Waals surface area contributed by atoms with Crippen LogP contribution >= 0.6 is 0 Å². The van der Waals surface area contributed by atoms with Crippen LogP contribution in [0.2, 0.25) is 0 Å². The Morgan fingerprint density at radius 3 is 2.58 bits per heavy atom. The molecule has 2 aliphatic rings. The predicted octanol–water partition coefficient (Wildman–Crippen LogP) is -3.12. The van der Waals surface area contributed by atoms with Crippen molar-refractivity contribution in [3.8, 4) is 0 Å². The SMILES string of the molecule is C1=N[NH2+]C(N2CCCCC2)=C1.[I-]. The smallest absolute Gasteiger partial charge is 0.229 e. The number of halogens is 1. The monoisotopic (exact) mass is 279 g/mol. The summed E-state index contributed by atoms with van der Waals surface area (Å²) >= 11 is 0. The molecule has 2 heterocycles. The molecule has 2 N–H and O–H groups in total. The summed E-state index contributed by atoms with van der Waals surface area (Å²) in [7, 11) is 0. The molecule has 0 aromatic rings. The summed E-state index contributed by atoms with van der Waals surface area (Å²) in [5.74, 6) is 1.30. The Labute approximate surface area is 89.9 Å². The summed E-state index contributed by atoms with van der Waals surface area (Å²) in [6.07, 6.45) is 8.02.